The average Bonchev–Trinajstić information content (AvgIpc) is 2.54. The summed E-state index contributed by atoms with van der Waals surface area (Å²) < 4.78 is 0. The zero-order valence-corrected chi connectivity index (χ0v) is 10.5. The maximum atomic E-state index is 11.7. The van der Waals surface area contributed by atoms with Crippen molar-refractivity contribution in [2.75, 3.05) is 0 Å². The summed E-state index contributed by atoms with van der Waals surface area (Å²) in [4.78, 5) is 22.1. The van der Waals surface area contributed by atoms with E-state index in [0.717, 1.165) is 19.3 Å². The van der Waals surface area contributed by atoms with Gasteiger partial charge >= 0.3 is 5.97 Å². The molecule has 1 aliphatic carbocycles. The van der Waals surface area contributed by atoms with Gasteiger partial charge in [-0.2, -0.15) is 0 Å². The monoisotopic (exact) mass is 242 g/mol. The summed E-state index contributed by atoms with van der Waals surface area (Å²) in [5.74, 6) is -1.15. The zero-order chi connectivity index (χ0) is 13.1. The van der Waals surface area contributed by atoms with Gasteiger partial charge in [0.05, 0.1) is 6.04 Å². The first-order valence-corrected chi connectivity index (χ1v) is 6.08. The smallest absolute Gasteiger partial charge is 0.303 e. The van der Waals surface area contributed by atoms with Gasteiger partial charge in [-0.25, -0.2) is 0 Å². The van der Waals surface area contributed by atoms with Crippen molar-refractivity contribution >= 4 is 11.9 Å². The number of hydrogen-bond acceptors (Lipinski definition) is 3. The van der Waals surface area contributed by atoms with E-state index in [2.05, 4.69) is 19.2 Å². The van der Waals surface area contributed by atoms with Gasteiger partial charge in [-0.1, -0.05) is 13.8 Å². The largest absolute Gasteiger partial charge is 0.481 e. The number of hydrogen-bond donors (Lipinski definition) is 3. The Balaban J connectivity index is 2.32. The van der Waals surface area contributed by atoms with Crippen molar-refractivity contribution in [3.63, 3.8) is 0 Å². The van der Waals surface area contributed by atoms with E-state index < -0.39 is 12.0 Å². The highest BCUT2D eigenvalue weighted by atomic mass is 16.4. The van der Waals surface area contributed by atoms with E-state index in [1.807, 2.05) is 0 Å². The second-order valence-electron chi connectivity index (χ2n) is 5.65. The van der Waals surface area contributed by atoms with Gasteiger partial charge in [-0.3, -0.25) is 9.59 Å². The first-order valence-electron chi connectivity index (χ1n) is 6.08. The van der Waals surface area contributed by atoms with E-state index >= 15 is 0 Å². The number of nitrogens with one attached hydrogen (secondary N) is 1. The molecule has 98 valence electrons. The lowest BCUT2D eigenvalue weighted by atomic mass is 9.92. The third-order valence-electron chi connectivity index (χ3n) is 3.32. The average molecular weight is 242 g/mol. The summed E-state index contributed by atoms with van der Waals surface area (Å²) in [7, 11) is 0. The lowest BCUT2D eigenvalue weighted by molar-refractivity contribution is -0.137. The highest BCUT2D eigenvalue weighted by molar-refractivity contribution is 5.82. The normalized spacial score (nSPS) is 24.3. The molecule has 1 saturated carbocycles. The van der Waals surface area contributed by atoms with Crippen LogP contribution in [0, 0.1) is 5.41 Å². The van der Waals surface area contributed by atoms with Gasteiger partial charge in [-0.15, -0.1) is 0 Å². The van der Waals surface area contributed by atoms with Crippen molar-refractivity contribution in [3.05, 3.63) is 0 Å². The minimum atomic E-state index is -0.921. The Bertz CT molecular complexity index is 302. The molecule has 0 bridgehead atoms. The predicted octanol–water partition coefficient (Wildman–Crippen LogP) is 0.873. The quantitative estimate of drug-likeness (QED) is 0.667. The molecule has 1 aliphatic rings. The third kappa shape index (κ3) is 4.73. The zero-order valence-electron chi connectivity index (χ0n) is 10.5. The van der Waals surface area contributed by atoms with Crippen LogP contribution in [-0.2, 0) is 9.59 Å². The van der Waals surface area contributed by atoms with Crippen LogP contribution in [0.3, 0.4) is 0 Å². The third-order valence-corrected chi connectivity index (χ3v) is 3.32. The summed E-state index contributed by atoms with van der Waals surface area (Å²) in [5, 5.41) is 11.4. The molecule has 0 saturated heterocycles. The number of aliphatic carboxylic acids is 1. The van der Waals surface area contributed by atoms with E-state index in [9.17, 15) is 9.59 Å². The second-order valence-corrected chi connectivity index (χ2v) is 5.65. The Morgan fingerprint density at radius 2 is 2.18 bits per heavy atom. The van der Waals surface area contributed by atoms with Crippen molar-refractivity contribution < 1.29 is 14.7 Å². The fourth-order valence-electron chi connectivity index (χ4n) is 2.28. The molecule has 0 spiro atoms. The van der Waals surface area contributed by atoms with Crippen LogP contribution in [-0.4, -0.2) is 29.1 Å². The van der Waals surface area contributed by atoms with Crippen LogP contribution in [0.5, 0.6) is 0 Å². The minimum Gasteiger partial charge on any atom is -0.481 e. The van der Waals surface area contributed by atoms with Gasteiger partial charge in [0.1, 0.15) is 0 Å². The van der Waals surface area contributed by atoms with Crippen LogP contribution in [0.25, 0.3) is 0 Å². The molecule has 1 rings (SSSR count). The highest BCUT2D eigenvalue weighted by Crippen LogP contribution is 2.36. The number of carbonyl (C=O) groups is 2. The summed E-state index contributed by atoms with van der Waals surface area (Å²) >= 11 is 0. The standard InChI is InChI=1S/C12H22N2O3/c1-12(2)6-5-8(7-12)14-11(17)9(13)3-4-10(15)16/h8-9H,3-7,13H2,1-2H3,(H,14,17)(H,15,16). The fraction of sp³-hybridized carbons (Fsp3) is 0.833. The van der Waals surface area contributed by atoms with Crippen LogP contribution >= 0.6 is 0 Å². The van der Waals surface area contributed by atoms with Crippen molar-refractivity contribution in [2.24, 2.45) is 11.1 Å². The van der Waals surface area contributed by atoms with Crippen LogP contribution < -0.4 is 11.1 Å². The molecule has 0 aromatic heterocycles. The number of carbonyl (C=O) groups excluding carboxylic acids is 1. The SMILES string of the molecule is CC1(C)CCC(NC(=O)C(N)CCC(=O)O)C1. The molecular weight excluding hydrogens is 220 g/mol. The number of nitrogens with two attached hydrogens (primary N) is 1. The van der Waals surface area contributed by atoms with Crippen LogP contribution in [0.15, 0.2) is 0 Å². The van der Waals surface area contributed by atoms with E-state index in [-0.39, 0.29) is 30.2 Å². The summed E-state index contributed by atoms with van der Waals surface area (Å²) in [6.45, 7) is 4.37. The Hall–Kier alpha value is -1.10. The molecule has 0 aromatic rings. The molecule has 5 heteroatoms. The Morgan fingerprint density at radius 1 is 1.53 bits per heavy atom. The maximum absolute atomic E-state index is 11.7. The summed E-state index contributed by atoms with van der Waals surface area (Å²) in [6.07, 6.45) is 3.17. The summed E-state index contributed by atoms with van der Waals surface area (Å²) in [5.41, 5.74) is 5.92. The molecule has 0 aliphatic heterocycles. The predicted molar refractivity (Wildman–Crippen MR) is 64.4 cm³/mol. The molecule has 2 atom stereocenters. The van der Waals surface area contributed by atoms with Crippen LogP contribution in [0.2, 0.25) is 0 Å². The van der Waals surface area contributed by atoms with Crippen LogP contribution in [0.4, 0.5) is 0 Å². The topological polar surface area (TPSA) is 92.4 Å². The Labute approximate surface area is 102 Å². The first-order chi connectivity index (χ1) is 7.80. The van der Waals surface area contributed by atoms with Crippen molar-refractivity contribution in [1.82, 2.24) is 5.32 Å². The molecule has 0 aromatic carbocycles. The second kappa shape index (κ2) is 5.49. The van der Waals surface area contributed by atoms with Gasteiger partial charge in [-0.05, 0) is 31.1 Å². The van der Waals surface area contributed by atoms with Crippen molar-refractivity contribution in [2.45, 2.75) is 58.0 Å². The van der Waals surface area contributed by atoms with Gasteiger partial charge in [0.15, 0.2) is 0 Å². The Kier molecular flexibility index (Phi) is 4.51. The molecule has 5 nitrogen and oxygen atoms in total. The Morgan fingerprint density at radius 3 is 2.65 bits per heavy atom. The van der Waals surface area contributed by atoms with Gasteiger partial charge in [0.25, 0.3) is 0 Å². The number of carboxylic acid groups (broad SMARTS) is 1. The molecule has 0 heterocycles. The molecular formula is C12H22N2O3. The van der Waals surface area contributed by atoms with E-state index in [1.54, 1.807) is 0 Å². The van der Waals surface area contributed by atoms with Gasteiger partial charge < -0.3 is 16.2 Å². The van der Waals surface area contributed by atoms with Crippen LogP contribution in [0.1, 0.15) is 46.0 Å². The van der Waals surface area contributed by atoms with Gasteiger partial charge in [0, 0.05) is 12.5 Å². The molecule has 1 fully saturated rings. The summed E-state index contributed by atoms with van der Waals surface area (Å²) in [6, 6.07) is -0.525. The van der Waals surface area contributed by atoms with E-state index in [1.165, 1.54) is 0 Å². The number of carboxylic acids is 1. The molecule has 1 amide bonds. The highest BCUT2D eigenvalue weighted by Gasteiger charge is 2.32. The maximum Gasteiger partial charge on any atom is 0.303 e. The fourth-order valence-corrected chi connectivity index (χ4v) is 2.28. The molecule has 17 heavy (non-hydrogen) atoms. The molecule has 0 radical (unpaired) electrons. The first kappa shape index (κ1) is 14.0. The lowest BCUT2D eigenvalue weighted by Crippen LogP contribution is -2.45. The minimum absolute atomic E-state index is 0.0647. The molecule has 2 unspecified atom stereocenters. The number of amides is 1. The van der Waals surface area contributed by atoms with Crippen molar-refractivity contribution in [3.8, 4) is 0 Å². The lowest BCUT2D eigenvalue weighted by Gasteiger charge is -2.19. The van der Waals surface area contributed by atoms with Gasteiger partial charge in [0.2, 0.25) is 5.91 Å². The molecule has 4 N–H and O–H groups in total. The number of rotatable bonds is 5. The van der Waals surface area contributed by atoms with E-state index in [0.29, 0.717) is 0 Å². The van der Waals surface area contributed by atoms with E-state index in [4.69, 9.17) is 10.8 Å². The van der Waals surface area contributed by atoms with Crippen molar-refractivity contribution in [1.29, 1.82) is 0 Å².